The van der Waals surface area contributed by atoms with Crippen molar-refractivity contribution in [3.8, 4) is 5.75 Å². The quantitative estimate of drug-likeness (QED) is 0.614. The van der Waals surface area contributed by atoms with Crippen LogP contribution < -0.4 is 15.4 Å². The molecule has 2 atom stereocenters. The summed E-state index contributed by atoms with van der Waals surface area (Å²) in [5.74, 6) is 1.77. The van der Waals surface area contributed by atoms with Crippen LogP contribution in [0.15, 0.2) is 24.3 Å². The number of carbonyl (C=O) groups excluding carboxylic acids is 2. The van der Waals surface area contributed by atoms with Crippen LogP contribution >= 0.6 is 11.8 Å². The Labute approximate surface area is 183 Å². The van der Waals surface area contributed by atoms with Crippen molar-refractivity contribution >= 4 is 23.8 Å². The van der Waals surface area contributed by atoms with Gasteiger partial charge in [0.05, 0.1) is 13.2 Å². The average Bonchev–Trinajstić information content (AvgIpc) is 2.71. The van der Waals surface area contributed by atoms with Gasteiger partial charge in [0.15, 0.2) is 0 Å². The first kappa shape index (κ1) is 24.3. The van der Waals surface area contributed by atoms with E-state index in [4.69, 9.17) is 14.2 Å². The molecular weight excluding hydrogens is 404 g/mol. The largest absolute Gasteiger partial charge is 0.497 e. The molecule has 7 nitrogen and oxygen atoms in total. The van der Waals surface area contributed by atoms with E-state index in [1.165, 1.54) is 6.42 Å². The Balaban J connectivity index is 1.89. The van der Waals surface area contributed by atoms with Crippen molar-refractivity contribution in [3.63, 3.8) is 0 Å². The molecule has 1 heterocycles. The fraction of sp³-hybridized carbons (Fsp3) is 0.636. The molecule has 0 radical (unpaired) electrons. The van der Waals surface area contributed by atoms with Gasteiger partial charge in [-0.25, -0.2) is 4.79 Å². The molecule has 168 valence electrons. The molecule has 8 heteroatoms. The van der Waals surface area contributed by atoms with E-state index in [-0.39, 0.29) is 12.0 Å². The summed E-state index contributed by atoms with van der Waals surface area (Å²) in [7, 11) is 1.61. The Morgan fingerprint density at radius 1 is 1.23 bits per heavy atom. The van der Waals surface area contributed by atoms with Gasteiger partial charge in [-0.15, -0.1) is 0 Å². The fourth-order valence-electron chi connectivity index (χ4n) is 2.94. The molecule has 1 aliphatic rings. The molecule has 30 heavy (non-hydrogen) atoms. The Kier molecular flexibility index (Phi) is 9.78. The number of rotatable bonds is 9. The van der Waals surface area contributed by atoms with Gasteiger partial charge in [0.2, 0.25) is 5.91 Å². The highest BCUT2D eigenvalue weighted by molar-refractivity contribution is 7.99. The van der Waals surface area contributed by atoms with Gasteiger partial charge >= 0.3 is 6.09 Å². The molecule has 0 aliphatic carbocycles. The van der Waals surface area contributed by atoms with E-state index in [0.717, 1.165) is 36.5 Å². The number of carbonyl (C=O) groups is 2. The topological polar surface area (TPSA) is 85.9 Å². The third-order valence-electron chi connectivity index (χ3n) is 4.50. The normalized spacial score (nSPS) is 17.7. The van der Waals surface area contributed by atoms with Gasteiger partial charge in [0.1, 0.15) is 17.4 Å². The highest BCUT2D eigenvalue weighted by atomic mass is 32.2. The molecule has 0 bridgehead atoms. The minimum Gasteiger partial charge on any atom is -0.497 e. The third-order valence-corrected chi connectivity index (χ3v) is 5.67. The second-order valence-electron chi connectivity index (χ2n) is 8.29. The summed E-state index contributed by atoms with van der Waals surface area (Å²) in [6.45, 7) is 6.54. The van der Waals surface area contributed by atoms with Crippen LogP contribution in [0.3, 0.4) is 0 Å². The van der Waals surface area contributed by atoms with Crippen LogP contribution in [0.2, 0.25) is 0 Å². The third kappa shape index (κ3) is 9.26. The number of amides is 2. The van der Waals surface area contributed by atoms with Gasteiger partial charge in [-0.3, -0.25) is 4.79 Å². The number of ether oxygens (including phenoxy) is 3. The molecule has 1 aromatic rings. The molecule has 2 unspecified atom stereocenters. The second-order valence-corrected chi connectivity index (χ2v) is 9.37. The molecule has 2 rings (SSSR count). The van der Waals surface area contributed by atoms with Crippen molar-refractivity contribution < 1.29 is 23.8 Å². The van der Waals surface area contributed by atoms with Gasteiger partial charge in [-0.1, -0.05) is 12.1 Å². The van der Waals surface area contributed by atoms with Crippen molar-refractivity contribution in [1.82, 2.24) is 10.6 Å². The first-order valence-electron chi connectivity index (χ1n) is 10.4. The number of hydrogen-bond donors (Lipinski definition) is 2. The Morgan fingerprint density at radius 2 is 1.97 bits per heavy atom. The predicted octanol–water partition coefficient (Wildman–Crippen LogP) is 3.51. The van der Waals surface area contributed by atoms with Crippen LogP contribution in [-0.2, 0) is 20.8 Å². The van der Waals surface area contributed by atoms with E-state index in [1.807, 2.05) is 24.3 Å². The van der Waals surface area contributed by atoms with Gasteiger partial charge in [-0.05, 0) is 57.7 Å². The predicted molar refractivity (Wildman–Crippen MR) is 119 cm³/mol. The number of nitrogens with one attached hydrogen (secondary N) is 2. The minimum atomic E-state index is -0.688. The lowest BCUT2D eigenvalue weighted by atomic mass is 10.1. The molecule has 0 spiro atoms. The molecule has 0 saturated carbocycles. The zero-order valence-corrected chi connectivity index (χ0v) is 19.2. The molecule has 1 saturated heterocycles. The SMILES string of the molecule is COc1ccc(CNC(=O)C(CSCC2CCCCO2)NC(=O)OC(C)(C)C)cc1. The summed E-state index contributed by atoms with van der Waals surface area (Å²) in [6.07, 6.45) is 2.95. The highest BCUT2D eigenvalue weighted by Crippen LogP contribution is 2.18. The lowest BCUT2D eigenvalue weighted by molar-refractivity contribution is -0.122. The molecule has 1 aliphatic heterocycles. The van der Waals surface area contributed by atoms with E-state index in [1.54, 1.807) is 39.6 Å². The first-order valence-corrected chi connectivity index (χ1v) is 11.5. The van der Waals surface area contributed by atoms with Crippen LogP contribution in [0.4, 0.5) is 4.79 Å². The van der Waals surface area contributed by atoms with Crippen molar-refractivity contribution in [2.75, 3.05) is 25.2 Å². The summed E-state index contributed by atoms with van der Waals surface area (Å²) < 4.78 is 16.2. The molecule has 1 aromatic carbocycles. The fourth-order valence-corrected chi connectivity index (χ4v) is 4.08. The molecule has 0 aromatic heterocycles. The van der Waals surface area contributed by atoms with Crippen molar-refractivity contribution in [3.05, 3.63) is 29.8 Å². The molecule has 2 N–H and O–H groups in total. The van der Waals surface area contributed by atoms with E-state index >= 15 is 0 Å². The lowest BCUT2D eigenvalue weighted by Crippen LogP contribution is -2.49. The maximum Gasteiger partial charge on any atom is 0.408 e. The maximum absolute atomic E-state index is 12.8. The number of methoxy groups -OCH3 is 1. The van der Waals surface area contributed by atoms with Gasteiger partial charge in [0.25, 0.3) is 0 Å². The van der Waals surface area contributed by atoms with Crippen LogP contribution in [-0.4, -0.2) is 55.0 Å². The number of thioether (sulfide) groups is 1. The summed E-state index contributed by atoms with van der Waals surface area (Å²) in [6, 6.07) is 6.79. The summed E-state index contributed by atoms with van der Waals surface area (Å²) in [5.41, 5.74) is 0.320. The monoisotopic (exact) mass is 438 g/mol. The van der Waals surface area contributed by atoms with Crippen LogP contribution in [0.5, 0.6) is 5.75 Å². The minimum absolute atomic E-state index is 0.216. The van der Waals surface area contributed by atoms with Gasteiger partial charge in [0, 0.05) is 24.7 Å². The summed E-state index contributed by atoms with van der Waals surface area (Å²) in [5, 5.41) is 5.61. The highest BCUT2D eigenvalue weighted by Gasteiger charge is 2.25. The van der Waals surface area contributed by atoms with Gasteiger partial charge < -0.3 is 24.8 Å². The molecule has 1 fully saturated rings. The van der Waals surface area contributed by atoms with Crippen LogP contribution in [0.25, 0.3) is 0 Å². The van der Waals surface area contributed by atoms with E-state index in [9.17, 15) is 9.59 Å². The van der Waals surface area contributed by atoms with Crippen LogP contribution in [0.1, 0.15) is 45.6 Å². The number of alkyl carbamates (subject to hydrolysis) is 1. The van der Waals surface area contributed by atoms with Crippen molar-refractivity contribution in [2.45, 2.75) is 64.3 Å². The van der Waals surface area contributed by atoms with Crippen LogP contribution in [0, 0.1) is 0 Å². The standard InChI is InChI=1S/C22H34N2O5S/c1-22(2,3)29-21(26)24-19(15-30-14-18-7-5-6-12-28-18)20(25)23-13-16-8-10-17(27-4)11-9-16/h8-11,18-19H,5-7,12-15H2,1-4H3,(H,23,25)(H,24,26). The first-order chi connectivity index (χ1) is 14.3. The Bertz CT molecular complexity index is 669. The van der Waals surface area contributed by atoms with Gasteiger partial charge in [-0.2, -0.15) is 11.8 Å². The zero-order valence-electron chi connectivity index (χ0n) is 18.4. The summed E-state index contributed by atoms with van der Waals surface area (Å²) >= 11 is 1.61. The van der Waals surface area contributed by atoms with E-state index in [2.05, 4.69) is 10.6 Å². The van der Waals surface area contributed by atoms with E-state index in [0.29, 0.717) is 12.3 Å². The number of hydrogen-bond acceptors (Lipinski definition) is 6. The van der Waals surface area contributed by atoms with Crippen molar-refractivity contribution in [2.24, 2.45) is 0 Å². The molecule has 2 amide bonds. The Hall–Kier alpha value is -1.93. The van der Waals surface area contributed by atoms with Crippen molar-refractivity contribution in [1.29, 1.82) is 0 Å². The smallest absolute Gasteiger partial charge is 0.408 e. The molecular formula is C22H34N2O5S. The number of benzene rings is 1. The maximum atomic E-state index is 12.8. The van der Waals surface area contributed by atoms with E-state index < -0.39 is 17.7 Å². The zero-order chi connectivity index (χ0) is 22.0. The average molecular weight is 439 g/mol. The lowest BCUT2D eigenvalue weighted by Gasteiger charge is -2.25. The Morgan fingerprint density at radius 3 is 2.57 bits per heavy atom. The summed E-state index contributed by atoms with van der Waals surface area (Å²) in [4.78, 5) is 25.0. The second kappa shape index (κ2) is 12.1.